The first-order valence-electron chi connectivity index (χ1n) is 6.70. The molecule has 2 nitrogen and oxygen atoms in total. The second-order valence-electron chi connectivity index (χ2n) is 4.41. The van der Waals surface area contributed by atoms with Gasteiger partial charge in [-0.15, -0.1) is 0 Å². The largest absolute Gasteiger partial charge is 0.494 e. The number of hydrogen-bond donors (Lipinski definition) is 0. The summed E-state index contributed by atoms with van der Waals surface area (Å²) in [7, 11) is 0. The van der Waals surface area contributed by atoms with Crippen LogP contribution in [0.1, 0.15) is 38.7 Å². The Labute approximate surface area is 111 Å². The van der Waals surface area contributed by atoms with Crippen LogP contribution in [0.4, 0.5) is 0 Å². The van der Waals surface area contributed by atoms with E-state index in [1.807, 2.05) is 32.0 Å². The first kappa shape index (κ1) is 14.8. The molecule has 0 unspecified atom stereocenters. The molecule has 0 radical (unpaired) electrons. The molecule has 0 heterocycles. The van der Waals surface area contributed by atoms with Gasteiger partial charge in [-0.05, 0) is 50.8 Å². The Kier molecular flexibility index (Phi) is 7.19. The first-order valence-corrected chi connectivity index (χ1v) is 6.70. The van der Waals surface area contributed by atoms with Crippen LogP contribution in [0.15, 0.2) is 30.8 Å². The number of unbranched alkanes of at least 4 members (excludes halogenated alkanes) is 2. The van der Waals surface area contributed by atoms with E-state index in [1.54, 1.807) is 0 Å². The lowest BCUT2D eigenvalue weighted by molar-refractivity contribution is 0.141. The zero-order valence-electron chi connectivity index (χ0n) is 11.6. The molecular formula is C16H24O2. The van der Waals surface area contributed by atoms with Gasteiger partial charge < -0.3 is 9.47 Å². The molecule has 0 aromatic heterocycles. The van der Waals surface area contributed by atoms with Gasteiger partial charge in [0.2, 0.25) is 0 Å². The Morgan fingerprint density at radius 1 is 1.17 bits per heavy atom. The average Bonchev–Trinajstić information content (AvgIpc) is 2.38. The Hall–Kier alpha value is -1.28. The highest BCUT2D eigenvalue weighted by molar-refractivity contribution is 5.62. The molecule has 0 spiro atoms. The van der Waals surface area contributed by atoms with E-state index < -0.39 is 0 Å². The maximum Gasteiger partial charge on any atom is 0.119 e. The van der Waals surface area contributed by atoms with Crippen molar-refractivity contribution >= 4 is 5.57 Å². The number of allylic oxidation sites excluding steroid dienone is 1. The van der Waals surface area contributed by atoms with Crippen LogP contribution in [0.25, 0.3) is 5.57 Å². The standard InChI is InChI=1S/C16H24O2/c1-4-17-11-6-5-7-12-18-16-10-8-9-15(13-16)14(2)3/h8-10,13H,2,4-7,11-12H2,1,3H3. The van der Waals surface area contributed by atoms with Crippen LogP contribution in [-0.2, 0) is 4.74 Å². The van der Waals surface area contributed by atoms with E-state index in [9.17, 15) is 0 Å². The smallest absolute Gasteiger partial charge is 0.119 e. The summed E-state index contributed by atoms with van der Waals surface area (Å²) < 4.78 is 11.0. The minimum absolute atomic E-state index is 0.770. The lowest BCUT2D eigenvalue weighted by atomic mass is 10.1. The van der Waals surface area contributed by atoms with Gasteiger partial charge in [0, 0.05) is 13.2 Å². The molecule has 0 saturated heterocycles. The molecule has 0 fully saturated rings. The number of hydrogen-bond acceptors (Lipinski definition) is 2. The molecule has 100 valence electrons. The molecule has 0 N–H and O–H groups in total. The monoisotopic (exact) mass is 248 g/mol. The summed E-state index contributed by atoms with van der Waals surface area (Å²) in [6.07, 6.45) is 3.34. The van der Waals surface area contributed by atoms with Crippen molar-refractivity contribution in [2.45, 2.75) is 33.1 Å². The SMILES string of the molecule is C=C(C)c1cccc(OCCCCCOCC)c1. The predicted octanol–water partition coefficient (Wildman–Crippen LogP) is 4.31. The minimum atomic E-state index is 0.770. The third-order valence-electron chi connectivity index (χ3n) is 2.73. The summed E-state index contributed by atoms with van der Waals surface area (Å²) in [6.45, 7) is 10.4. The van der Waals surface area contributed by atoms with Gasteiger partial charge in [0.25, 0.3) is 0 Å². The molecule has 0 bridgehead atoms. The summed E-state index contributed by atoms with van der Waals surface area (Å²) in [4.78, 5) is 0. The van der Waals surface area contributed by atoms with Crippen LogP contribution in [0.5, 0.6) is 5.75 Å². The zero-order valence-corrected chi connectivity index (χ0v) is 11.6. The van der Waals surface area contributed by atoms with E-state index in [-0.39, 0.29) is 0 Å². The van der Waals surface area contributed by atoms with Crippen LogP contribution in [0.3, 0.4) is 0 Å². The number of benzene rings is 1. The van der Waals surface area contributed by atoms with Crippen molar-refractivity contribution in [2.24, 2.45) is 0 Å². The van der Waals surface area contributed by atoms with Crippen LogP contribution in [0, 0.1) is 0 Å². The molecule has 0 aliphatic heterocycles. The van der Waals surface area contributed by atoms with E-state index in [2.05, 4.69) is 12.6 Å². The van der Waals surface area contributed by atoms with Gasteiger partial charge >= 0.3 is 0 Å². The van der Waals surface area contributed by atoms with Gasteiger partial charge in [0.05, 0.1) is 6.61 Å². The third-order valence-corrected chi connectivity index (χ3v) is 2.73. The highest BCUT2D eigenvalue weighted by Crippen LogP contribution is 2.18. The van der Waals surface area contributed by atoms with Gasteiger partial charge in [-0.3, -0.25) is 0 Å². The zero-order chi connectivity index (χ0) is 13.2. The third kappa shape index (κ3) is 5.87. The molecule has 1 rings (SSSR count). The van der Waals surface area contributed by atoms with Crippen LogP contribution in [-0.4, -0.2) is 19.8 Å². The predicted molar refractivity (Wildman–Crippen MR) is 77.0 cm³/mol. The fraction of sp³-hybridized carbons (Fsp3) is 0.500. The van der Waals surface area contributed by atoms with Crippen LogP contribution < -0.4 is 4.74 Å². The normalized spacial score (nSPS) is 10.3. The molecular weight excluding hydrogens is 224 g/mol. The summed E-state index contributed by atoms with van der Waals surface area (Å²) in [6, 6.07) is 8.10. The fourth-order valence-corrected chi connectivity index (χ4v) is 1.67. The van der Waals surface area contributed by atoms with Crippen molar-refractivity contribution in [1.29, 1.82) is 0 Å². The Bertz CT molecular complexity index is 358. The van der Waals surface area contributed by atoms with Gasteiger partial charge in [-0.1, -0.05) is 24.3 Å². The van der Waals surface area contributed by atoms with E-state index in [0.29, 0.717) is 0 Å². The number of ether oxygens (including phenoxy) is 2. The summed E-state index contributed by atoms with van der Waals surface area (Å²) in [5.74, 6) is 0.931. The van der Waals surface area contributed by atoms with Crippen molar-refractivity contribution in [3.05, 3.63) is 36.4 Å². The quantitative estimate of drug-likeness (QED) is 0.606. The lowest BCUT2D eigenvalue weighted by Gasteiger charge is -2.08. The topological polar surface area (TPSA) is 18.5 Å². The fourth-order valence-electron chi connectivity index (χ4n) is 1.67. The molecule has 0 aliphatic rings. The maximum atomic E-state index is 5.72. The summed E-state index contributed by atoms with van der Waals surface area (Å²) >= 11 is 0. The molecule has 0 aliphatic carbocycles. The molecule has 1 aromatic carbocycles. The van der Waals surface area contributed by atoms with Crippen molar-refractivity contribution in [1.82, 2.24) is 0 Å². The molecule has 0 amide bonds. The van der Waals surface area contributed by atoms with E-state index in [4.69, 9.17) is 9.47 Å². The first-order chi connectivity index (χ1) is 8.74. The van der Waals surface area contributed by atoms with Crippen LogP contribution >= 0.6 is 0 Å². The molecule has 0 atom stereocenters. The summed E-state index contributed by atoms with van der Waals surface area (Å²) in [5, 5.41) is 0. The highest BCUT2D eigenvalue weighted by atomic mass is 16.5. The summed E-state index contributed by atoms with van der Waals surface area (Å²) in [5.41, 5.74) is 2.21. The highest BCUT2D eigenvalue weighted by Gasteiger charge is 1.97. The van der Waals surface area contributed by atoms with Gasteiger partial charge in [0.1, 0.15) is 5.75 Å². The Balaban J connectivity index is 2.19. The van der Waals surface area contributed by atoms with E-state index >= 15 is 0 Å². The lowest BCUT2D eigenvalue weighted by Crippen LogP contribution is -1.99. The average molecular weight is 248 g/mol. The van der Waals surface area contributed by atoms with Gasteiger partial charge in [-0.25, -0.2) is 0 Å². The van der Waals surface area contributed by atoms with E-state index in [0.717, 1.165) is 56.0 Å². The Morgan fingerprint density at radius 2 is 1.94 bits per heavy atom. The van der Waals surface area contributed by atoms with Crippen molar-refractivity contribution in [3.8, 4) is 5.75 Å². The van der Waals surface area contributed by atoms with E-state index in [1.165, 1.54) is 0 Å². The van der Waals surface area contributed by atoms with Gasteiger partial charge in [-0.2, -0.15) is 0 Å². The van der Waals surface area contributed by atoms with Crippen molar-refractivity contribution in [2.75, 3.05) is 19.8 Å². The maximum absolute atomic E-state index is 5.72. The molecule has 2 heteroatoms. The minimum Gasteiger partial charge on any atom is -0.494 e. The van der Waals surface area contributed by atoms with Crippen molar-refractivity contribution < 1.29 is 9.47 Å². The van der Waals surface area contributed by atoms with Crippen molar-refractivity contribution in [3.63, 3.8) is 0 Å². The Morgan fingerprint density at radius 3 is 2.67 bits per heavy atom. The number of rotatable bonds is 9. The molecule has 0 saturated carbocycles. The molecule has 18 heavy (non-hydrogen) atoms. The molecule has 1 aromatic rings. The second kappa shape index (κ2) is 8.76. The second-order valence-corrected chi connectivity index (χ2v) is 4.41. The van der Waals surface area contributed by atoms with Crippen LogP contribution in [0.2, 0.25) is 0 Å². The van der Waals surface area contributed by atoms with Gasteiger partial charge in [0.15, 0.2) is 0 Å².